The number of aromatic amines is 2. The molecule has 2 N–H and O–H groups in total. The smallest absolute Gasteiger partial charge is 0.116 e. The van der Waals surface area contributed by atoms with Gasteiger partial charge < -0.3 is 4.98 Å². The SMILES string of the molecule is CC1C=CC=Cc2cc(-c3n[nH]c4ccc(-c5cnccn5)cc34)[nH]c21. The molecule has 1 aromatic carbocycles. The lowest BCUT2D eigenvalue weighted by Gasteiger charge is -2.04. The lowest BCUT2D eigenvalue weighted by atomic mass is 10.1. The predicted octanol–water partition coefficient (Wildman–Crippen LogP) is 4.70. The fourth-order valence-corrected chi connectivity index (χ4v) is 3.44. The van der Waals surface area contributed by atoms with E-state index in [1.807, 2.05) is 12.1 Å². The molecule has 1 atom stereocenters. The van der Waals surface area contributed by atoms with Crippen molar-refractivity contribution in [3.05, 3.63) is 72.3 Å². The van der Waals surface area contributed by atoms with E-state index < -0.39 is 0 Å². The van der Waals surface area contributed by atoms with Crippen molar-refractivity contribution in [3.63, 3.8) is 0 Å². The van der Waals surface area contributed by atoms with E-state index in [0.717, 1.165) is 33.5 Å². The first kappa shape index (κ1) is 14.8. The van der Waals surface area contributed by atoms with Gasteiger partial charge in [0.1, 0.15) is 5.69 Å². The van der Waals surface area contributed by atoms with Crippen LogP contribution in [0.3, 0.4) is 0 Å². The fourth-order valence-electron chi connectivity index (χ4n) is 3.44. The summed E-state index contributed by atoms with van der Waals surface area (Å²) in [4.78, 5) is 12.1. The molecule has 0 saturated heterocycles. The Hall–Kier alpha value is -3.47. The molecule has 1 unspecified atom stereocenters. The molecule has 3 heterocycles. The van der Waals surface area contributed by atoms with Gasteiger partial charge in [0, 0.05) is 35.0 Å². The lowest BCUT2D eigenvalue weighted by molar-refractivity contribution is 0.921. The van der Waals surface area contributed by atoms with Crippen molar-refractivity contribution in [3.8, 4) is 22.6 Å². The maximum atomic E-state index is 4.56. The van der Waals surface area contributed by atoms with Crippen LogP contribution in [0.5, 0.6) is 0 Å². The molecule has 126 valence electrons. The third-order valence-electron chi connectivity index (χ3n) is 4.80. The van der Waals surface area contributed by atoms with Crippen LogP contribution in [-0.2, 0) is 0 Å². The number of H-pyrrole nitrogens is 2. The van der Waals surface area contributed by atoms with Gasteiger partial charge in [0.2, 0.25) is 0 Å². The third kappa shape index (κ3) is 2.37. The van der Waals surface area contributed by atoms with E-state index in [1.54, 1.807) is 18.6 Å². The number of benzene rings is 1. The largest absolute Gasteiger partial charge is 0.356 e. The summed E-state index contributed by atoms with van der Waals surface area (Å²) >= 11 is 0. The van der Waals surface area contributed by atoms with E-state index in [-0.39, 0.29) is 0 Å². The molecule has 0 spiro atoms. The first-order valence-corrected chi connectivity index (χ1v) is 8.62. The normalized spacial score (nSPS) is 16.0. The molecule has 0 bridgehead atoms. The second-order valence-electron chi connectivity index (χ2n) is 6.51. The Labute approximate surface area is 150 Å². The molecular formula is C21H17N5. The summed E-state index contributed by atoms with van der Waals surface area (Å²) in [6.07, 6.45) is 13.7. The van der Waals surface area contributed by atoms with Gasteiger partial charge in [-0.1, -0.05) is 37.3 Å². The van der Waals surface area contributed by atoms with Gasteiger partial charge in [0.25, 0.3) is 0 Å². The molecule has 4 aromatic rings. The van der Waals surface area contributed by atoms with Crippen LogP contribution in [0.1, 0.15) is 24.1 Å². The second-order valence-corrected chi connectivity index (χ2v) is 6.51. The van der Waals surface area contributed by atoms with Crippen molar-refractivity contribution in [2.24, 2.45) is 0 Å². The number of rotatable bonds is 2. The Morgan fingerprint density at radius 2 is 2.04 bits per heavy atom. The Morgan fingerprint density at radius 3 is 2.92 bits per heavy atom. The maximum absolute atomic E-state index is 4.56. The highest BCUT2D eigenvalue weighted by molar-refractivity contribution is 5.95. The molecular weight excluding hydrogens is 322 g/mol. The van der Waals surface area contributed by atoms with Crippen LogP contribution in [-0.4, -0.2) is 25.1 Å². The summed E-state index contributed by atoms with van der Waals surface area (Å²) in [6, 6.07) is 8.35. The van der Waals surface area contributed by atoms with Crippen molar-refractivity contribution in [1.82, 2.24) is 25.1 Å². The highest BCUT2D eigenvalue weighted by atomic mass is 15.1. The zero-order valence-electron chi connectivity index (χ0n) is 14.3. The summed E-state index contributed by atoms with van der Waals surface area (Å²) < 4.78 is 0. The molecule has 26 heavy (non-hydrogen) atoms. The van der Waals surface area contributed by atoms with Gasteiger partial charge in [-0.2, -0.15) is 5.10 Å². The Balaban J connectivity index is 1.65. The van der Waals surface area contributed by atoms with E-state index in [9.17, 15) is 0 Å². The van der Waals surface area contributed by atoms with Crippen molar-refractivity contribution in [1.29, 1.82) is 0 Å². The van der Waals surface area contributed by atoms with Crippen LogP contribution in [0.15, 0.2) is 61.1 Å². The Bertz CT molecular complexity index is 1150. The number of fused-ring (bicyclic) bond motifs is 2. The van der Waals surface area contributed by atoms with Crippen LogP contribution >= 0.6 is 0 Å². The van der Waals surface area contributed by atoms with E-state index in [4.69, 9.17) is 0 Å². The highest BCUT2D eigenvalue weighted by Gasteiger charge is 2.17. The molecule has 5 rings (SSSR count). The number of nitrogens with zero attached hydrogens (tertiary/aromatic N) is 3. The van der Waals surface area contributed by atoms with Gasteiger partial charge in [0.15, 0.2) is 0 Å². The molecule has 0 fully saturated rings. The average Bonchev–Trinajstić information content (AvgIpc) is 3.25. The minimum Gasteiger partial charge on any atom is -0.356 e. The maximum Gasteiger partial charge on any atom is 0.116 e. The van der Waals surface area contributed by atoms with Gasteiger partial charge in [0.05, 0.1) is 23.1 Å². The summed E-state index contributed by atoms with van der Waals surface area (Å²) in [7, 11) is 0. The van der Waals surface area contributed by atoms with Gasteiger partial charge in [-0.3, -0.25) is 15.1 Å². The van der Waals surface area contributed by atoms with Crippen LogP contribution in [0.25, 0.3) is 39.6 Å². The van der Waals surface area contributed by atoms with Crippen molar-refractivity contribution >= 4 is 17.0 Å². The molecule has 3 aromatic heterocycles. The number of hydrogen-bond donors (Lipinski definition) is 2. The monoisotopic (exact) mass is 339 g/mol. The standard InChI is InChI=1S/C21H17N5/c1-13-4-2-3-5-15-11-18(24-20(13)15)21-16-10-14(6-7-17(16)25-26-21)19-12-22-8-9-23-19/h2-13,24H,1H3,(H,25,26). The summed E-state index contributed by atoms with van der Waals surface area (Å²) in [5, 5.41) is 8.76. The van der Waals surface area contributed by atoms with Crippen LogP contribution in [0.2, 0.25) is 0 Å². The predicted molar refractivity (Wildman–Crippen MR) is 103 cm³/mol. The van der Waals surface area contributed by atoms with E-state index in [0.29, 0.717) is 5.92 Å². The van der Waals surface area contributed by atoms with E-state index in [1.165, 1.54) is 11.3 Å². The quantitative estimate of drug-likeness (QED) is 0.556. The van der Waals surface area contributed by atoms with Crippen molar-refractivity contribution in [2.75, 3.05) is 0 Å². The van der Waals surface area contributed by atoms with Crippen molar-refractivity contribution < 1.29 is 0 Å². The minimum atomic E-state index is 0.342. The van der Waals surface area contributed by atoms with Crippen LogP contribution < -0.4 is 0 Å². The second kappa shape index (κ2) is 5.81. The van der Waals surface area contributed by atoms with Crippen molar-refractivity contribution in [2.45, 2.75) is 12.8 Å². The Kier molecular flexibility index (Phi) is 3.31. The summed E-state index contributed by atoms with van der Waals surface area (Å²) in [5.74, 6) is 0.342. The molecule has 5 nitrogen and oxygen atoms in total. The molecule has 0 saturated carbocycles. The zero-order valence-corrected chi connectivity index (χ0v) is 14.3. The zero-order chi connectivity index (χ0) is 17.5. The summed E-state index contributed by atoms with van der Waals surface area (Å²) in [5.41, 5.74) is 7.24. The molecule has 1 aliphatic carbocycles. The molecule has 1 aliphatic rings. The molecule has 0 aliphatic heterocycles. The third-order valence-corrected chi connectivity index (χ3v) is 4.80. The molecule has 5 heteroatoms. The van der Waals surface area contributed by atoms with Gasteiger partial charge in [-0.25, -0.2) is 0 Å². The van der Waals surface area contributed by atoms with Crippen LogP contribution in [0.4, 0.5) is 0 Å². The topological polar surface area (TPSA) is 70.2 Å². The van der Waals surface area contributed by atoms with Crippen LogP contribution in [0, 0.1) is 0 Å². The minimum absolute atomic E-state index is 0.342. The first-order valence-electron chi connectivity index (χ1n) is 8.62. The number of nitrogens with one attached hydrogen (secondary N) is 2. The highest BCUT2D eigenvalue weighted by Crippen LogP contribution is 2.33. The van der Waals surface area contributed by atoms with Gasteiger partial charge in [-0.15, -0.1) is 0 Å². The fraction of sp³-hybridized carbons (Fsp3) is 0.0952. The molecule has 0 amide bonds. The molecule has 0 radical (unpaired) electrons. The Morgan fingerprint density at radius 1 is 1.08 bits per heavy atom. The number of hydrogen-bond acceptors (Lipinski definition) is 3. The van der Waals surface area contributed by atoms with E-state index in [2.05, 4.69) is 68.5 Å². The first-order chi connectivity index (χ1) is 12.8. The van der Waals surface area contributed by atoms with E-state index >= 15 is 0 Å². The van der Waals surface area contributed by atoms with Gasteiger partial charge >= 0.3 is 0 Å². The number of allylic oxidation sites excluding steroid dienone is 3. The average molecular weight is 339 g/mol. The summed E-state index contributed by atoms with van der Waals surface area (Å²) in [6.45, 7) is 2.19. The number of aromatic nitrogens is 5. The van der Waals surface area contributed by atoms with Gasteiger partial charge in [-0.05, 0) is 23.8 Å². The lowest BCUT2D eigenvalue weighted by Crippen LogP contribution is -1.91.